The van der Waals surface area contributed by atoms with Gasteiger partial charge in [0.1, 0.15) is 5.58 Å². The van der Waals surface area contributed by atoms with Gasteiger partial charge in [0.25, 0.3) is 5.91 Å². The van der Waals surface area contributed by atoms with Crippen molar-refractivity contribution in [1.82, 2.24) is 9.97 Å². The third kappa shape index (κ3) is 3.15. The smallest absolute Gasteiger partial charge is 0.291 e. The maximum Gasteiger partial charge on any atom is 0.291 e. The monoisotopic (exact) mass is 363 g/mol. The number of nitrogens with zero attached hydrogens (tertiary/aromatic N) is 2. The molecule has 0 fully saturated rings. The van der Waals surface area contributed by atoms with Crippen molar-refractivity contribution in [3.05, 3.63) is 66.2 Å². The molecule has 0 aliphatic rings. The number of fused-ring (bicyclic) bond motifs is 2. The van der Waals surface area contributed by atoms with E-state index in [4.69, 9.17) is 4.42 Å². The molecule has 0 atom stereocenters. The van der Waals surface area contributed by atoms with Crippen LogP contribution in [0.25, 0.3) is 22.0 Å². The van der Waals surface area contributed by atoms with Crippen LogP contribution < -0.4 is 5.32 Å². The van der Waals surface area contributed by atoms with E-state index in [1.54, 1.807) is 24.2 Å². The van der Waals surface area contributed by atoms with Crippen LogP contribution in [0, 0.1) is 0 Å². The zero-order valence-corrected chi connectivity index (χ0v) is 15.0. The summed E-state index contributed by atoms with van der Waals surface area (Å²) in [5.41, 5.74) is 3.85. The lowest BCUT2D eigenvalue weighted by Gasteiger charge is -2.06. The Bertz CT molecular complexity index is 1090. The van der Waals surface area contributed by atoms with Crippen LogP contribution in [0.3, 0.4) is 0 Å². The summed E-state index contributed by atoms with van der Waals surface area (Å²) in [4.78, 5) is 21.4. The fraction of sp³-hybridized carbons (Fsp3) is 0.150. The largest absolute Gasteiger partial charge is 0.451 e. The van der Waals surface area contributed by atoms with E-state index in [1.165, 1.54) is 0 Å². The van der Waals surface area contributed by atoms with Gasteiger partial charge in [-0.2, -0.15) is 11.8 Å². The Morgan fingerprint density at radius 2 is 1.92 bits per heavy atom. The molecule has 4 rings (SSSR count). The molecule has 2 aromatic carbocycles. The first-order valence-electron chi connectivity index (χ1n) is 8.36. The lowest BCUT2D eigenvalue weighted by Crippen LogP contribution is -2.12. The maximum absolute atomic E-state index is 12.9. The van der Waals surface area contributed by atoms with Crippen molar-refractivity contribution in [1.29, 1.82) is 0 Å². The average molecular weight is 363 g/mol. The van der Waals surface area contributed by atoms with Gasteiger partial charge in [-0.05, 0) is 30.0 Å². The molecule has 26 heavy (non-hydrogen) atoms. The van der Waals surface area contributed by atoms with Crippen LogP contribution in [0.2, 0.25) is 0 Å². The molecule has 0 radical (unpaired) electrons. The number of carbonyl (C=O) groups is 1. The molecular weight excluding hydrogens is 346 g/mol. The summed E-state index contributed by atoms with van der Waals surface area (Å²) < 4.78 is 5.86. The normalized spacial score (nSPS) is 11.1. The first-order chi connectivity index (χ1) is 12.8. The Balaban J connectivity index is 1.68. The van der Waals surface area contributed by atoms with Crippen LogP contribution in [-0.4, -0.2) is 21.6 Å². The number of nitrogens with one attached hydrogen (secondary N) is 1. The molecule has 0 saturated carbocycles. The van der Waals surface area contributed by atoms with Gasteiger partial charge in [0, 0.05) is 34.8 Å². The zero-order valence-electron chi connectivity index (χ0n) is 14.2. The first-order valence-corrected chi connectivity index (χ1v) is 9.52. The molecule has 0 unspecified atom stereocenters. The molecule has 0 aliphatic heterocycles. The topological polar surface area (TPSA) is 68.0 Å². The van der Waals surface area contributed by atoms with E-state index in [0.29, 0.717) is 11.4 Å². The van der Waals surface area contributed by atoms with Crippen LogP contribution in [0.5, 0.6) is 0 Å². The third-order valence-corrected chi connectivity index (χ3v) is 4.98. The van der Waals surface area contributed by atoms with Crippen molar-refractivity contribution in [2.45, 2.75) is 12.7 Å². The summed E-state index contributed by atoms with van der Waals surface area (Å²) in [5.74, 6) is 1.83. The minimum atomic E-state index is -0.254. The number of hydrogen-bond acceptors (Lipinski definition) is 5. The number of rotatable bonds is 5. The van der Waals surface area contributed by atoms with E-state index in [-0.39, 0.29) is 5.91 Å². The molecule has 2 aromatic heterocycles. The highest BCUT2D eigenvalue weighted by Crippen LogP contribution is 2.30. The molecular formula is C20H17N3O2S. The molecule has 6 heteroatoms. The Morgan fingerprint density at radius 3 is 2.77 bits per heavy atom. The van der Waals surface area contributed by atoms with Crippen LogP contribution in [-0.2, 0) is 5.75 Å². The first kappa shape index (κ1) is 16.6. The molecule has 0 bridgehead atoms. The predicted octanol–water partition coefficient (Wildman–Crippen LogP) is 4.88. The summed E-state index contributed by atoms with van der Waals surface area (Å²) in [7, 11) is 0. The quantitative estimate of drug-likeness (QED) is 0.547. The minimum Gasteiger partial charge on any atom is -0.451 e. The highest BCUT2D eigenvalue weighted by atomic mass is 32.2. The molecule has 130 valence electrons. The highest BCUT2D eigenvalue weighted by Gasteiger charge is 2.20. The van der Waals surface area contributed by atoms with Gasteiger partial charge in [0.2, 0.25) is 0 Å². The number of hydrogen-bond donors (Lipinski definition) is 1. The number of furan rings is 1. The minimum absolute atomic E-state index is 0.254. The van der Waals surface area contributed by atoms with E-state index in [1.807, 2.05) is 42.5 Å². The number of benzene rings is 2. The number of aromatic nitrogens is 2. The fourth-order valence-corrected chi connectivity index (χ4v) is 3.55. The van der Waals surface area contributed by atoms with E-state index < -0.39 is 0 Å². The van der Waals surface area contributed by atoms with Crippen LogP contribution in [0.15, 0.2) is 59.3 Å². The molecule has 5 nitrogen and oxygen atoms in total. The second kappa shape index (κ2) is 7.17. The molecule has 4 aromatic rings. The van der Waals surface area contributed by atoms with Gasteiger partial charge in [-0.1, -0.05) is 25.1 Å². The molecule has 1 amide bonds. The predicted molar refractivity (Wildman–Crippen MR) is 106 cm³/mol. The summed E-state index contributed by atoms with van der Waals surface area (Å²) in [6, 6.07) is 13.2. The van der Waals surface area contributed by atoms with Gasteiger partial charge >= 0.3 is 0 Å². The van der Waals surface area contributed by atoms with Crippen molar-refractivity contribution < 1.29 is 9.21 Å². The Morgan fingerprint density at radius 1 is 1.12 bits per heavy atom. The van der Waals surface area contributed by atoms with E-state index in [2.05, 4.69) is 22.2 Å². The van der Waals surface area contributed by atoms with Gasteiger partial charge in [0.05, 0.1) is 11.0 Å². The molecule has 1 N–H and O–H groups in total. The molecule has 0 spiro atoms. The second-order valence-corrected chi connectivity index (χ2v) is 7.03. The van der Waals surface area contributed by atoms with Crippen LogP contribution in [0.1, 0.15) is 23.0 Å². The van der Waals surface area contributed by atoms with Gasteiger partial charge in [-0.3, -0.25) is 14.8 Å². The molecule has 2 heterocycles. The van der Waals surface area contributed by atoms with Crippen molar-refractivity contribution in [2.24, 2.45) is 0 Å². The Kier molecular flexibility index (Phi) is 4.58. The SMILES string of the molecule is CCSCc1c(C(=O)Nc2ccc3nccnc3c2)oc2ccccc12. The van der Waals surface area contributed by atoms with Gasteiger partial charge in [-0.25, -0.2) is 0 Å². The maximum atomic E-state index is 12.9. The van der Waals surface area contributed by atoms with Crippen molar-refractivity contribution in [3.63, 3.8) is 0 Å². The third-order valence-electron chi connectivity index (χ3n) is 4.08. The second-order valence-electron chi connectivity index (χ2n) is 5.76. The number of carbonyl (C=O) groups excluding carboxylic acids is 1. The zero-order chi connectivity index (χ0) is 17.9. The summed E-state index contributed by atoms with van der Waals surface area (Å²) in [6.07, 6.45) is 3.28. The fourth-order valence-electron chi connectivity index (χ4n) is 2.86. The van der Waals surface area contributed by atoms with E-state index >= 15 is 0 Å². The highest BCUT2D eigenvalue weighted by molar-refractivity contribution is 7.98. The molecule has 0 aliphatic carbocycles. The summed E-state index contributed by atoms with van der Waals surface area (Å²) >= 11 is 1.76. The lowest BCUT2D eigenvalue weighted by atomic mass is 10.1. The summed E-state index contributed by atoms with van der Waals surface area (Å²) in [5, 5.41) is 3.91. The van der Waals surface area contributed by atoms with Crippen molar-refractivity contribution in [2.75, 3.05) is 11.1 Å². The van der Waals surface area contributed by atoms with E-state index in [0.717, 1.165) is 39.1 Å². The number of para-hydroxylation sites is 1. The Labute approximate surface area is 154 Å². The van der Waals surface area contributed by atoms with Gasteiger partial charge in [-0.15, -0.1) is 0 Å². The van der Waals surface area contributed by atoms with Crippen molar-refractivity contribution in [3.8, 4) is 0 Å². The summed E-state index contributed by atoms with van der Waals surface area (Å²) in [6.45, 7) is 2.10. The van der Waals surface area contributed by atoms with Crippen molar-refractivity contribution >= 4 is 45.4 Å². The lowest BCUT2D eigenvalue weighted by molar-refractivity contribution is 0.0998. The standard InChI is InChI=1S/C20H17N3O2S/c1-2-26-12-15-14-5-3-4-6-18(14)25-19(15)20(24)23-13-7-8-16-17(11-13)22-10-9-21-16/h3-11H,2,12H2,1H3,(H,23,24). The number of anilines is 1. The molecule has 0 saturated heterocycles. The Hall–Kier alpha value is -2.86. The van der Waals surface area contributed by atoms with Crippen LogP contribution >= 0.6 is 11.8 Å². The average Bonchev–Trinajstić information content (AvgIpc) is 3.05. The number of amides is 1. The van der Waals surface area contributed by atoms with Crippen LogP contribution in [0.4, 0.5) is 5.69 Å². The van der Waals surface area contributed by atoms with Gasteiger partial charge < -0.3 is 9.73 Å². The number of thioether (sulfide) groups is 1. The van der Waals surface area contributed by atoms with E-state index in [9.17, 15) is 4.79 Å². The van der Waals surface area contributed by atoms with Gasteiger partial charge in [0.15, 0.2) is 5.76 Å².